The van der Waals surface area contributed by atoms with E-state index in [4.69, 9.17) is 6.57 Å². The summed E-state index contributed by atoms with van der Waals surface area (Å²) in [5.74, 6) is 0.218. The summed E-state index contributed by atoms with van der Waals surface area (Å²) in [4.78, 5) is 44.1. The van der Waals surface area contributed by atoms with Gasteiger partial charge < -0.3 is 10.1 Å². The molecule has 7 atom stereocenters. The molecule has 3 fully saturated rings. The Morgan fingerprint density at radius 2 is 1.68 bits per heavy atom. The van der Waals surface area contributed by atoms with Crippen molar-refractivity contribution in [3.63, 3.8) is 0 Å². The predicted molar refractivity (Wildman–Crippen MR) is 149 cm³/mol. The van der Waals surface area contributed by atoms with Gasteiger partial charge in [-0.3, -0.25) is 9.59 Å². The van der Waals surface area contributed by atoms with Gasteiger partial charge in [0.25, 0.3) is 0 Å². The molecule has 5 rings (SSSR count). The van der Waals surface area contributed by atoms with Gasteiger partial charge in [0.15, 0.2) is 11.6 Å². The summed E-state index contributed by atoms with van der Waals surface area (Å²) in [7, 11) is 0. The topological polar surface area (TPSA) is 67.6 Å². The van der Waals surface area contributed by atoms with Crippen molar-refractivity contribution in [3.8, 4) is 0 Å². The number of Topliss-reactive ketones (excluding diaryl/α,β-unsaturated/α-hetero) is 1. The maximum absolute atomic E-state index is 14.5. The van der Waals surface area contributed by atoms with Gasteiger partial charge in [0.1, 0.15) is 0 Å². The summed E-state index contributed by atoms with van der Waals surface area (Å²) in [6.07, 6.45) is 10.9. The molecule has 0 aromatic carbocycles. The van der Waals surface area contributed by atoms with Gasteiger partial charge >= 0.3 is 0 Å². The summed E-state index contributed by atoms with van der Waals surface area (Å²) in [5.41, 5.74) is -0.473. The van der Waals surface area contributed by atoms with Crippen LogP contribution in [0.25, 0.3) is 4.85 Å². The molecule has 1 N–H and O–H groups in total. The lowest BCUT2D eigenvalue weighted by Crippen LogP contribution is -2.69. The second kappa shape index (κ2) is 8.15. The normalized spacial score (nSPS) is 44.8. The van der Waals surface area contributed by atoms with Crippen LogP contribution >= 0.6 is 0 Å². The Morgan fingerprint density at radius 1 is 1.03 bits per heavy atom. The molecular weight excluding hydrogens is 472 g/mol. The van der Waals surface area contributed by atoms with Crippen molar-refractivity contribution < 1.29 is 14.4 Å². The maximum Gasteiger partial charge on any atom is 0.226 e. The monoisotopic (exact) mass is 518 g/mol. The number of nitrogens with zero attached hydrogens (tertiary/aromatic N) is 1. The van der Waals surface area contributed by atoms with E-state index in [-0.39, 0.29) is 62.7 Å². The lowest BCUT2D eigenvalue weighted by atomic mass is 9.35. The molecule has 5 nitrogen and oxygen atoms in total. The number of rotatable bonds is 2. The van der Waals surface area contributed by atoms with Gasteiger partial charge in [-0.1, -0.05) is 67.0 Å². The smallest absolute Gasteiger partial charge is 0.226 e. The van der Waals surface area contributed by atoms with Crippen LogP contribution in [0.15, 0.2) is 23.4 Å². The lowest BCUT2D eigenvalue weighted by molar-refractivity contribution is -0.164. The molecule has 0 unspecified atom stereocenters. The van der Waals surface area contributed by atoms with Gasteiger partial charge in [0, 0.05) is 28.7 Å². The molecule has 5 heteroatoms. The van der Waals surface area contributed by atoms with Crippen LogP contribution in [0.5, 0.6) is 0 Å². The van der Waals surface area contributed by atoms with Crippen molar-refractivity contribution in [2.75, 3.05) is 0 Å². The molecule has 0 radical (unpaired) electrons. The van der Waals surface area contributed by atoms with E-state index in [1.807, 2.05) is 32.9 Å². The summed E-state index contributed by atoms with van der Waals surface area (Å²) in [6, 6.07) is 0. The molecule has 1 amide bonds. The first-order valence-electron chi connectivity index (χ1n) is 14.7. The number of carbonyl (C=O) groups excluding carboxylic acids is 3. The van der Waals surface area contributed by atoms with Crippen LogP contribution in [0.2, 0.25) is 0 Å². The van der Waals surface area contributed by atoms with E-state index in [0.29, 0.717) is 6.42 Å². The second-order valence-electron chi connectivity index (χ2n) is 15.3. The van der Waals surface area contributed by atoms with E-state index in [1.54, 1.807) is 0 Å². The molecule has 0 aromatic heterocycles. The molecule has 0 aromatic rings. The highest BCUT2D eigenvalue weighted by Crippen LogP contribution is 2.73. The first-order chi connectivity index (χ1) is 17.5. The Bertz CT molecular complexity index is 1220. The summed E-state index contributed by atoms with van der Waals surface area (Å²) in [6.45, 7) is 25.1. The first kappa shape index (κ1) is 27.4. The third-order valence-electron chi connectivity index (χ3n) is 12.6. The average molecular weight is 519 g/mol. The fraction of sp³-hybridized carbons (Fsp3) is 0.758. The number of fused-ring (bicyclic) bond motifs is 7. The van der Waals surface area contributed by atoms with Gasteiger partial charge in [0.05, 0.1) is 6.57 Å². The van der Waals surface area contributed by atoms with Crippen LogP contribution in [0.4, 0.5) is 0 Å². The van der Waals surface area contributed by atoms with Gasteiger partial charge in [-0.25, -0.2) is 4.85 Å². The van der Waals surface area contributed by atoms with E-state index in [0.717, 1.165) is 50.5 Å². The lowest BCUT2D eigenvalue weighted by Gasteiger charge is -2.69. The third-order valence-corrected chi connectivity index (χ3v) is 12.6. The average Bonchev–Trinajstić information content (AvgIpc) is 2.83. The van der Waals surface area contributed by atoms with Crippen molar-refractivity contribution in [1.29, 1.82) is 0 Å². The summed E-state index contributed by atoms with van der Waals surface area (Å²) in [5, 5.41) is 3.47. The minimum atomic E-state index is -0.647. The molecule has 0 bridgehead atoms. The predicted octanol–water partition coefficient (Wildman–Crippen LogP) is 6.84. The number of ketones is 2. The van der Waals surface area contributed by atoms with Gasteiger partial charge in [-0.15, -0.1) is 0 Å². The number of nitrogens with one attached hydrogen (secondary N) is 1. The maximum atomic E-state index is 14.5. The number of carbonyl (C=O) groups is 3. The zero-order chi connectivity index (χ0) is 28.1. The SMILES string of the molecule is [C-]#[N+]C1=C[C@]2(C)C3=CC(=O)[C@@H]4[C@@H]5CC(C)(C)CC[C@]5(NC(=O)CC)CC[C@@]4(C)[C@]3(C)CC[C@H]2C(C)(C)C1=O. The minimum Gasteiger partial charge on any atom is -0.350 e. The van der Waals surface area contributed by atoms with Crippen molar-refractivity contribution in [2.24, 2.45) is 44.8 Å². The van der Waals surface area contributed by atoms with Gasteiger partial charge in [-0.05, 0) is 79.1 Å². The molecule has 0 saturated heterocycles. The molecular formula is C33H46N2O3. The standard InChI is InChI=1S/C33H46N2O3/c1-10-25(37)35-33-15-13-28(2,3)18-20(33)26-22(36)17-24-30(6)19-21(34-9)27(38)29(4,5)23(30)11-12-31(24,7)32(26,8)14-16-33/h17,19-20,23,26H,10-16,18H2,1-8H3,(H,35,37)/t20-,23-,26-,30-,31+,32+,33-/m0/s1. The van der Waals surface area contributed by atoms with Gasteiger partial charge in [0.2, 0.25) is 11.6 Å². The van der Waals surface area contributed by atoms with Crippen LogP contribution in [-0.4, -0.2) is 23.0 Å². The molecule has 3 saturated carbocycles. The highest BCUT2D eigenvalue weighted by Gasteiger charge is 2.69. The molecule has 0 aliphatic heterocycles. The fourth-order valence-electron chi connectivity index (χ4n) is 10.2. The van der Waals surface area contributed by atoms with Crippen molar-refractivity contribution in [3.05, 3.63) is 34.8 Å². The molecule has 5 aliphatic rings. The number of hydrogen-bond acceptors (Lipinski definition) is 3. The van der Waals surface area contributed by atoms with Crippen LogP contribution in [0.1, 0.15) is 107 Å². The van der Waals surface area contributed by atoms with Crippen LogP contribution in [0, 0.1) is 51.4 Å². The fourth-order valence-corrected chi connectivity index (χ4v) is 10.2. The van der Waals surface area contributed by atoms with E-state index >= 15 is 0 Å². The Labute approximate surface area is 229 Å². The third kappa shape index (κ3) is 3.37. The zero-order valence-corrected chi connectivity index (χ0v) is 24.7. The highest BCUT2D eigenvalue weighted by molar-refractivity contribution is 6.03. The van der Waals surface area contributed by atoms with Crippen LogP contribution in [-0.2, 0) is 14.4 Å². The Hall–Kier alpha value is -2.22. The second-order valence-corrected chi connectivity index (χ2v) is 15.3. The number of amides is 1. The first-order valence-corrected chi connectivity index (χ1v) is 14.7. The summed E-state index contributed by atoms with van der Waals surface area (Å²) < 4.78 is 0. The van der Waals surface area contributed by atoms with Crippen molar-refractivity contribution in [2.45, 2.75) is 112 Å². The zero-order valence-electron chi connectivity index (χ0n) is 24.7. The van der Waals surface area contributed by atoms with Crippen LogP contribution < -0.4 is 5.32 Å². The molecule has 38 heavy (non-hydrogen) atoms. The number of allylic oxidation sites excluding steroid dienone is 4. The van der Waals surface area contributed by atoms with Crippen LogP contribution in [0.3, 0.4) is 0 Å². The van der Waals surface area contributed by atoms with Gasteiger partial charge in [-0.2, -0.15) is 0 Å². The summed E-state index contributed by atoms with van der Waals surface area (Å²) >= 11 is 0. The number of hydrogen-bond donors (Lipinski definition) is 1. The highest BCUT2D eigenvalue weighted by atomic mass is 16.2. The molecule has 0 spiro atoms. The largest absolute Gasteiger partial charge is 0.350 e. The molecule has 0 heterocycles. The van der Waals surface area contributed by atoms with Crippen molar-refractivity contribution in [1.82, 2.24) is 5.32 Å². The quantitative estimate of drug-likeness (QED) is 0.407. The minimum absolute atomic E-state index is 0.0559. The Balaban J connectivity index is 1.68. The van der Waals surface area contributed by atoms with E-state index < -0.39 is 10.8 Å². The molecule has 206 valence electrons. The molecule has 5 aliphatic carbocycles. The van der Waals surface area contributed by atoms with E-state index in [2.05, 4.69) is 44.8 Å². The Morgan fingerprint density at radius 3 is 2.32 bits per heavy atom. The van der Waals surface area contributed by atoms with Crippen molar-refractivity contribution >= 4 is 17.5 Å². The Kier molecular flexibility index (Phi) is 5.87. The van der Waals surface area contributed by atoms with E-state index in [1.165, 1.54) is 0 Å². The van der Waals surface area contributed by atoms with E-state index in [9.17, 15) is 14.4 Å².